The largest absolute Gasteiger partial charge is 0.492 e. The van der Waals surface area contributed by atoms with Crippen LogP contribution in [0, 0.1) is 0 Å². The van der Waals surface area contributed by atoms with Crippen LogP contribution in [0.5, 0.6) is 5.75 Å². The van der Waals surface area contributed by atoms with Gasteiger partial charge in [0.1, 0.15) is 23.6 Å². The predicted molar refractivity (Wildman–Crippen MR) is 149 cm³/mol. The van der Waals surface area contributed by atoms with Crippen LogP contribution in [0.1, 0.15) is 62.5 Å². The van der Waals surface area contributed by atoms with E-state index in [9.17, 15) is 14.4 Å². The molecule has 9 nitrogen and oxygen atoms in total. The average Bonchev–Trinajstić information content (AvgIpc) is 3.31. The maximum Gasteiger partial charge on any atom is 0.410 e. The van der Waals surface area contributed by atoms with Crippen molar-refractivity contribution in [3.8, 4) is 5.75 Å². The van der Waals surface area contributed by atoms with Gasteiger partial charge in [-0.25, -0.2) is 9.59 Å². The lowest BCUT2D eigenvalue weighted by atomic mass is 10.1. The molecule has 0 saturated carbocycles. The molecule has 0 atom stereocenters. The number of alkyl carbamates (subject to hydrolysis) is 1. The third kappa shape index (κ3) is 9.41. The second kappa shape index (κ2) is 12.3. The highest BCUT2D eigenvalue weighted by Crippen LogP contribution is 2.30. The maximum atomic E-state index is 12.8. The number of hydrogen-bond acceptors (Lipinski definition) is 7. The van der Waals surface area contributed by atoms with E-state index in [0.29, 0.717) is 42.4 Å². The van der Waals surface area contributed by atoms with E-state index in [1.54, 1.807) is 49.9 Å². The molecular formula is C28H37N3O6S. The Bertz CT molecular complexity index is 1160. The van der Waals surface area contributed by atoms with Gasteiger partial charge in [-0.3, -0.25) is 4.79 Å². The van der Waals surface area contributed by atoms with Crippen molar-refractivity contribution >= 4 is 40.7 Å². The molecule has 2 aromatic rings. The van der Waals surface area contributed by atoms with Gasteiger partial charge in [-0.2, -0.15) is 0 Å². The molecule has 1 aliphatic heterocycles. The molecule has 2 N–H and O–H groups in total. The molecule has 206 valence electrons. The van der Waals surface area contributed by atoms with Crippen LogP contribution < -0.4 is 15.4 Å². The van der Waals surface area contributed by atoms with Crippen LogP contribution in [0.25, 0.3) is 5.57 Å². The molecule has 1 aromatic heterocycles. The maximum absolute atomic E-state index is 12.8. The molecule has 1 aromatic carbocycles. The third-order valence-electron chi connectivity index (χ3n) is 5.16. The number of rotatable bonds is 7. The van der Waals surface area contributed by atoms with Crippen molar-refractivity contribution in [1.29, 1.82) is 0 Å². The van der Waals surface area contributed by atoms with Crippen LogP contribution in [0.15, 0.2) is 42.5 Å². The fraction of sp³-hybridized carbons (Fsp3) is 0.464. The number of carbonyl (C=O) groups excluding carboxylic acids is 3. The number of ether oxygens (including phenoxy) is 3. The van der Waals surface area contributed by atoms with Gasteiger partial charge in [-0.1, -0.05) is 6.08 Å². The van der Waals surface area contributed by atoms with E-state index in [4.69, 9.17) is 14.2 Å². The van der Waals surface area contributed by atoms with Crippen LogP contribution in [0.4, 0.5) is 15.3 Å². The Kier molecular flexibility index (Phi) is 9.43. The van der Waals surface area contributed by atoms with Crippen LogP contribution in [-0.4, -0.2) is 60.4 Å². The topological polar surface area (TPSA) is 106 Å². The Balaban J connectivity index is 1.45. The Labute approximate surface area is 228 Å². The van der Waals surface area contributed by atoms with Crippen molar-refractivity contribution in [2.75, 3.05) is 31.6 Å². The van der Waals surface area contributed by atoms with E-state index in [2.05, 4.69) is 10.6 Å². The normalized spacial score (nSPS) is 13.8. The van der Waals surface area contributed by atoms with E-state index >= 15 is 0 Å². The molecule has 2 heterocycles. The van der Waals surface area contributed by atoms with Gasteiger partial charge < -0.3 is 29.7 Å². The zero-order valence-electron chi connectivity index (χ0n) is 22.9. The fourth-order valence-electron chi connectivity index (χ4n) is 3.48. The Hall–Kier alpha value is -3.53. The second-order valence-corrected chi connectivity index (χ2v) is 11.9. The first-order valence-electron chi connectivity index (χ1n) is 12.6. The summed E-state index contributed by atoms with van der Waals surface area (Å²) in [5.41, 5.74) is 0.699. The number of anilines is 1. The van der Waals surface area contributed by atoms with Crippen molar-refractivity contribution in [1.82, 2.24) is 10.2 Å². The Morgan fingerprint density at radius 2 is 1.63 bits per heavy atom. The first-order chi connectivity index (χ1) is 17.8. The smallest absolute Gasteiger partial charge is 0.410 e. The summed E-state index contributed by atoms with van der Waals surface area (Å²) < 4.78 is 16.2. The number of hydrogen-bond donors (Lipinski definition) is 2. The molecule has 0 unspecified atom stereocenters. The standard InChI is InChI=1S/C28H37N3O6S/c1-27(2,3)36-25(33)29-15-18-35-21-9-7-20(8-10-21)30-24(32)23-12-11-22(38-23)19-13-16-31(17-14-19)26(34)37-28(4,5)6/h7-13H,14-18H2,1-6H3,(H,29,33)(H,30,32). The van der Waals surface area contributed by atoms with Crippen molar-refractivity contribution in [3.63, 3.8) is 0 Å². The zero-order valence-corrected chi connectivity index (χ0v) is 23.7. The molecule has 0 saturated heterocycles. The second-order valence-electron chi connectivity index (χ2n) is 10.8. The van der Waals surface area contributed by atoms with Crippen LogP contribution in [0.2, 0.25) is 0 Å². The lowest BCUT2D eigenvalue weighted by molar-refractivity contribution is 0.0270. The summed E-state index contributed by atoms with van der Waals surface area (Å²) in [6.07, 6.45) is 1.92. The summed E-state index contributed by atoms with van der Waals surface area (Å²) in [5, 5.41) is 5.54. The average molecular weight is 544 g/mol. The number of nitrogens with one attached hydrogen (secondary N) is 2. The highest BCUT2D eigenvalue weighted by Gasteiger charge is 2.24. The van der Waals surface area contributed by atoms with E-state index in [1.807, 2.05) is 39.0 Å². The van der Waals surface area contributed by atoms with Gasteiger partial charge in [0.2, 0.25) is 0 Å². The number of amides is 3. The highest BCUT2D eigenvalue weighted by molar-refractivity contribution is 7.15. The van der Waals surface area contributed by atoms with E-state index in [0.717, 1.165) is 10.5 Å². The number of nitrogens with zero attached hydrogens (tertiary/aromatic N) is 1. The fourth-order valence-corrected chi connectivity index (χ4v) is 4.45. The number of benzene rings is 1. The Morgan fingerprint density at radius 1 is 0.947 bits per heavy atom. The van der Waals surface area contributed by atoms with Crippen molar-refractivity contribution < 1.29 is 28.6 Å². The predicted octanol–water partition coefficient (Wildman–Crippen LogP) is 5.93. The minimum atomic E-state index is -0.547. The number of carbonyl (C=O) groups is 3. The van der Waals surface area contributed by atoms with Gasteiger partial charge in [0.15, 0.2) is 0 Å². The minimum absolute atomic E-state index is 0.191. The number of thiophene rings is 1. The van der Waals surface area contributed by atoms with E-state index in [-0.39, 0.29) is 18.6 Å². The molecule has 3 rings (SSSR count). The zero-order chi connectivity index (χ0) is 27.9. The molecule has 3 amide bonds. The van der Waals surface area contributed by atoms with Gasteiger partial charge >= 0.3 is 12.2 Å². The van der Waals surface area contributed by atoms with Crippen molar-refractivity contribution in [2.45, 2.75) is 59.2 Å². The van der Waals surface area contributed by atoms with Crippen molar-refractivity contribution in [3.05, 3.63) is 52.2 Å². The summed E-state index contributed by atoms with van der Waals surface area (Å²) in [4.78, 5) is 40.0. The van der Waals surface area contributed by atoms with Gasteiger partial charge in [0.05, 0.1) is 11.4 Å². The van der Waals surface area contributed by atoms with Gasteiger partial charge in [-0.15, -0.1) is 11.3 Å². The molecule has 38 heavy (non-hydrogen) atoms. The molecule has 1 aliphatic rings. The molecule has 0 fully saturated rings. The van der Waals surface area contributed by atoms with Gasteiger partial charge in [0, 0.05) is 23.7 Å². The molecule has 0 spiro atoms. The van der Waals surface area contributed by atoms with E-state index in [1.165, 1.54) is 11.3 Å². The SMILES string of the molecule is CC(C)(C)OC(=O)NCCOc1ccc(NC(=O)c2ccc(C3=CCN(C(=O)OC(C)(C)C)CC3)s2)cc1. The quantitative estimate of drug-likeness (QED) is 0.420. The lowest BCUT2D eigenvalue weighted by Gasteiger charge is -2.29. The van der Waals surface area contributed by atoms with Crippen LogP contribution in [0.3, 0.4) is 0 Å². The monoisotopic (exact) mass is 543 g/mol. The van der Waals surface area contributed by atoms with Crippen LogP contribution in [-0.2, 0) is 9.47 Å². The first-order valence-corrected chi connectivity index (χ1v) is 13.4. The van der Waals surface area contributed by atoms with Crippen molar-refractivity contribution in [2.24, 2.45) is 0 Å². The molecule has 0 radical (unpaired) electrons. The van der Waals surface area contributed by atoms with Gasteiger partial charge in [-0.05, 0) is 89.9 Å². The third-order valence-corrected chi connectivity index (χ3v) is 6.32. The molecule has 0 aliphatic carbocycles. The molecule has 10 heteroatoms. The summed E-state index contributed by atoms with van der Waals surface area (Å²) in [6, 6.07) is 10.8. The summed E-state index contributed by atoms with van der Waals surface area (Å²) in [5.74, 6) is 0.431. The summed E-state index contributed by atoms with van der Waals surface area (Å²) in [6.45, 7) is 12.6. The van der Waals surface area contributed by atoms with Gasteiger partial charge in [0.25, 0.3) is 5.91 Å². The highest BCUT2D eigenvalue weighted by atomic mass is 32.1. The molecule has 0 bridgehead atoms. The van der Waals surface area contributed by atoms with E-state index < -0.39 is 17.3 Å². The molecular weight excluding hydrogens is 506 g/mol. The Morgan fingerprint density at radius 3 is 2.24 bits per heavy atom. The summed E-state index contributed by atoms with van der Waals surface area (Å²) in [7, 11) is 0. The first kappa shape index (κ1) is 29.0. The summed E-state index contributed by atoms with van der Waals surface area (Å²) >= 11 is 1.42. The lowest BCUT2D eigenvalue weighted by Crippen LogP contribution is -2.39. The van der Waals surface area contributed by atoms with Crippen LogP contribution >= 0.6 is 11.3 Å². The minimum Gasteiger partial charge on any atom is -0.492 e.